The van der Waals surface area contributed by atoms with Gasteiger partial charge >= 0.3 is 21.6 Å². The Morgan fingerprint density at radius 2 is 1.95 bits per heavy atom. The Kier molecular flexibility index (Phi) is 4.87. The van der Waals surface area contributed by atoms with Crippen LogP contribution in [0.15, 0.2) is 18.2 Å². The molecule has 0 amide bonds. The molecule has 0 saturated carbocycles. The Morgan fingerprint density at radius 1 is 1.35 bits per heavy atom. The van der Waals surface area contributed by atoms with E-state index in [-0.39, 0.29) is 11.6 Å². The minimum atomic E-state index is -5.89. The van der Waals surface area contributed by atoms with Gasteiger partial charge < -0.3 is 8.92 Å². The van der Waals surface area contributed by atoms with Crippen LogP contribution in [0.3, 0.4) is 0 Å². The lowest BCUT2D eigenvalue weighted by atomic mass is 10.2. The second kappa shape index (κ2) is 5.88. The van der Waals surface area contributed by atoms with Crippen molar-refractivity contribution in [1.29, 1.82) is 0 Å². The monoisotopic (exact) mass is 332 g/mol. The van der Waals surface area contributed by atoms with E-state index >= 15 is 0 Å². The van der Waals surface area contributed by atoms with Crippen molar-refractivity contribution >= 4 is 27.7 Å². The summed E-state index contributed by atoms with van der Waals surface area (Å²) in [6.45, 7) is 1.41. The Balaban J connectivity index is 3.23. The van der Waals surface area contributed by atoms with Crippen LogP contribution in [-0.4, -0.2) is 26.5 Å². The number of esters is 1. The third kappa shape index (κ3) is 3.76. The van der Waals surface area contributed by atoms with E-state index in [0.717, 1.165) is 18.2 Å². The zero-order valence-corrected chi connectivity index (χ0v) is 11.5. The minimum Gasteiger partial charge on any atom is -0.462 e. The van der Waals surface area contributed by atoms with Gasteiger partial charge in [0.25, 0.3) is 0 Å². The highest BCUT2D eigenvalue weighted by Crippen LogP contribution is 2.30. The van der Waals surface area contributed by atoms with Gasteiger partial charge in [-0.1, -0.05) is 11.6 Å². The first-order valence-corrected chi connectivity index (χ1v) is 6.84. The molecule has 112 valence electrons. The average Bonchev–Trinajstić information content (AvgIpc) is 2.30. The molecule has 0 saturated heterocycles. The Hall–Kier alpha value is -1.48. The fourth-order valence-corrected chi connectivity index (χ4v) is 1.76. The lowest BCUT2D eigenvalue weighted by Gasteiger charge is -2.12. The molecule has 0 aliphatic rings. The molecule has 0 radical (unpaired) electrons. The Bertz CT molecular complexity index is 612. The van der Waals surface area contributed by atoms with Crippen LogP contribution < -0.4 is 4.18 Å². The van der Waals surface area contributed by atoms with Gasteiger partial charge in [0.15, 0.2) is 5.75 Å². The van der Waals surface area contributed by atoms with Crippen molar-refractivity contribution in [2.45, 2.75) is 12.4 Å². The third-order valence-electron chi connectivity index (χ3n) is 1.92. The summed E-state index contributed by atoms with van der Waals surface area (Å²) in [6, 6.07) is 2.85. The van der Waals surface area contributed by atoms with Crippen molar-refractivity contribution in [2.24, 2.45) is 0 Å². The van der Waals surface area contributed by atoms with Gasteiger partial charge in [0, 0.05) is 5.02 Å². The first kappa shape index (κ1) is 16.6. The normalized spacial score (nSPS) is 12.1. The van der Waals surface area contributed by atoms with Crippen LogP contribution in [0.1, 0.15) is 17.3 Å². The molecule has 1 rings (SSSR count). The van der Waals surface area contributed by atoms with E-state index in [4.69, 9.17) is 11.6 Å². The summed E-state index contributed by atoms with van der Waals surface area (Å²) >= 11 is 5.59. The summed E-state index contributed by atoms with van der Waals surface area (Å²) in [6.07, 6.45) is 0. The molecule has 0 spiro atoms. The fourth-order valence-electron chi connectivity index (χ4n) is 1.11. The summed E-state index contributed by atoms with van der Waals surface area (Å²) in [5.41, 5.74) is -6.13. The number of alkyl halides is 3. The van der Waals surface area contributed by atoms with Gasteiger partial charge in [0.05, 0.1) is 6.61 Å². The molecule has 1 aromatic rings. The molecule has 0 fully saturated rings. The first-order valence-electron chi connectivity index (χ1n) is 5.06. The van der Waals surface area contributed by atoms with E-state index in [0.29, 0.717) is 0 Å². The first-order chi connectivity index (χ1) is 9.08. The lowest BCUT2D eigenvalue weighted by Crippen LogP contribution is -2.28. The molecule has 0 N–H and O–H groups in total. The average molecular weight is 333 g/mol. The van der Waals surface area contributed by atoms with Crippen molar-refractivity contribution in [3.8, 4) is 5.75 Å². The highest BCUT2D eigenvalue weighted by Gasteiger charge is 2.49. The summed E-state index contributed by atoms with van der Waals surface area (Å²) in [7, 11) is -5.89. The second-order valence-corrected chi connectivity index (χ2v) is 5.32. The van der Waals surface area contributed by atoms with Crippen LogP contribution in [0.2, 0.25) is 5.02 Å². The summed E-state index contributed by atoms with van der Waals surface area (Å²) in [4.78, 5) is 11.5. The highest BCUT2D eigenvalue weighted by molar-refractivity contribution is 7.88. The number of ether oxygens (including phenoxy) is 1. The number of rotatable bonds is 4. The van der Waals surface area contributed by atoms with Crippen LogP contribution in [-0.2, 0) is 14.9 Å². The number of halogens is 4. The SMILES string of the molecule is CCOC(=O)c1cc(Cl)ccc1OS(=O)(=O)C(F)(F)F. The molecule has 1 aromatic carbocycles. The molecular formula is C10H8ClF3O5S. The maximum Gasteiger partial charge on any atom is 0.534 e. The largest absolute Gasteiger partial charge is 0.534 e. The molecule has 5 nitrogen and oxygen atoms in total. The molecule has 20 heavy (non-hydrogen) atoms. The number of carbonyl (C=O) groups is 1. The molecule has 10 heteroatoms. The Morgan fingerprint density at radius 3 is 2.45 bits per heavy atom. The number of hydrogen-bond acceptors (Lipinski definition) is 5. The van der Waals surface area contributed by atoms with Crippen LogP contribution >= 0.6 is 11.6 Å². The molecule has 0 atom stereocenters. The fraction of sp³-hybridized carbons (Fsp3) is 0.300. The van der Waals surface area contributed by atoms with Crippen LogP contribution in [0.4, 0.5) is 13.2 Å². The van der Waals surface area contributed by atoms with E-state index in [9.17, 15) is 26.4 Å². The van der Waals surface area contributed by atoms with Crippen molar-refractivity contribution in [1.82, 2.24) is 0 Å². The predicted octanol–water partition coefficient (Wildman–Crippen LogP) is 2.75. The molecule has 0 bridgehead atoms. The van der Waals surface area contributed by atoms with E-state index in [1.165, 1.54) is 6.92 Å². The Labute approximate surface area is 117 Å². The molecule has 0 heterocycles. The molecule has 0 unspecified atom stereocenters. The zero-order valence-electron chi connectivity index (χ0n) is 9.90. The van der Waals surface area contributed by atoms with Crippen molar-refractivity contribution in [3.05, 3.63) is 28.8 Å². The van der Waals surface area contributed by atoms with E-state index in [1.807, 2.05) is 0 Å². The van der Waals surface area contributed by atoms with E-state index < -0.39 is 32.9 Å². The van der Waals surface area contributed by atoms with Crippen molar-refractivity contribution < 1.29 is 35.3 Å². The van der Waals surface area contributed by atoms with Gasteiger partial charge in [-0.25, -0.2) is 4.79 Å². The number of carbonyl (C=O) groups excluding carboxylic acids is 1. The van der Waals surface area contributed by atoms with Crippen molar-refractivity contribution in [2.75, 3.05) is 6.61 Å². The maximum absolute atomic E-state index is 12.2. The zero-order chi connectivity index (χ0) is 15.6. The summed E-state index contributed by atoms with van der Waals surface area (Å²) in [5.74, 6) is -1.87. The highest BCUT2D eigenvalue weighted by atomic mass is 35.5. The summed E-state index contributed by atoms with van der Waals surface area (Å²) in [5, 5.41) is 0.00445. The second-order valence-electron chi connectivity index (χ2n) is 3.34. The molecule has 0 aliphatic heterocycles. The third-order valence-corrected chi connectivity index (χ3v) is 3.12. The van der Waals surface area contributed by atoms with E-state index in [2.05, 4.69) is 8.92 Å². The summed E-state index contributed by atoms with van der Waals surface area (Å²) < 4.78 is 67.0. The smallest absolute Gasteiger partial charge is 0.462 e. The number of benzene rings is 1. The molecular weight excluding hydrogens is 325 g/mol. The van der Waals surface area contributed by atoms with Gasteiger partial charge in [-0.3, -0.25) is 0 Å². The van der Waals surface area contributed by atoms with Crippen LogP contribution in [0.25, 0.3) is 0 Å². The predicted molar refractivity (Wildman–Crippen MR) is 63.0 cm³/mol. The van der Waals surface area contributed by atoms with E-state index in [1.54, 1.807) is 0 Å². The maximum atomic E-state index is 12.2. The number of hydrogen-bond donors (Lipinski definition) is 0. The van der Waals surface area contributed by atoms with Gasteiger partial charge in [-0.15, -0.1) is 0 Å². The van der Waals surface area contributed by atoms with Crippen LogP contribution in [0, 0.1) is 0 Å². The van der Waals surface area contributed by atoms with Gasteiger partial charge in [0.1, 0.15) is 5.56 Å². The molecule has 0 aromatic heterocycles. The van der Waals surface area contributed by atoms with Crippen molar-refractivity contribution in [3.63, 3.8) is 0 Å². The van der Waals surface area contributed by atoms with Gasteiger partial charge in [-0.05, 0) is 25.1 Å². The lowest BCUT2D eigenvalue weighted by molar-refractivity contribution is -0.0500. The minimum absolute atomic E-state index is 0.00445. The van der Waals surface area contributed by atoms with Gasteiger partial charge in [-0.2, -0.15) is 21.6 Å². The molecule has 0 aliphatic carbocycles. The topological polar surface area (TPSA) is 69.7 Å². The quantitative estimate of drug-likeness (QED) is 0.482. The van der Waals surface area contributed by atoms with Gasteiger partial charge in [0.2, 0.25) is 0 Å². The standard InChI is InChI=1S/C10H8ClF3O5S/c1-2-18-9(15)7-5-6(11)3-4-8(7)19-20(16,17)10(12,13)14/h3-5H,2H2,1H3. The van der Waals surface area contributed by atoms with Crippen LogP contribution in [0.5, 0.6) is 5.75 Å².